The van der Waals surface area contributed by atoms with Crippen LogP contribution in [0.4, 0.5) is 8.78 Å². The van der Waals surface area contributed by atoms with Gasteiger partial charge in [-0.15, -0.1) is 12.8 Å². The first-order chi connectivity index (χ1) is 14.3. The normalized spacial score (nSPS) is 13.5. The van der Waals surface area contributed by atoms with Gasteiger partial charge in [-0.3, -0.25) is 12.2 Å². The number of allylic oxidation sites excluding steroid dienone is 8. The average Bonchev–Trinajstić information content (AvgIpc) is 3.31. The minimum atomic E-state index is -0.156. The Morgan fingerprint density at radius 3 is 1.28 bits per heavy atom. The maximum absolute atomic E-state index is 13.3. The van der Waals surface area contributed by atoms with E-state index in [4.69, 9.17) is 0 Å². The number of benzene rings is 2. The zero-order valence-corrected chi connectivity index (χ0v) is 23.7. The molecule has 2 aliphatic carbocycles. The maximum Gasteiger partial charge on any atom is -1.00 e. The summed E-state index contributed by atoms with van der Waals surface area (Å²) in [5.74, 6) is -0.311. The second-order valence-corrected chi connectivity index (χ2v) is 16.6. The van der Waals surface area contributed by atoms with Crippen LogP contribution < -0.4 is 24.8 Å². The van der Waals surface area contributed by atoms with Crippen LogP contribution in [0.2, 0.25) is 13.1 Å². The van der Waals surface area contributed by atoms with Crippen molar-refractivity contribution in [1.82, 2.24) is 0 Å². The molecule has 4 rings (SSSR count). The fourth-order valence-electron chi connectivity index (χ4n) is 3.09. The Morgan fingerprint density at radius 1 is 0.719 bits per heavy atom. The molecule has 0 aromatic heterocycles. The largest absolute Gasteiger partial charge is 1.00 e. The fraction of sp³-hybridized carbons (Fsp3) is 0.231. The number of halogens is 4. The van der Waals surface area contributed by atoms with E-state index < -0.39 is 0 Å². The fourth-order valence-corrected chi connectivity index (χ4v) is 3.09. The first-order valence-electron chi connectivity index (χ1n) is 9.88. The van der Waals surface area contributed by atoms with E-state index >= 15 is 0 Å². The van der Waals surface area contributed by atoms with Crippen molar-refractivity contribution in [1.29, 1.82) is 0 Å². The molecular formula is C26H26Cl2F2SiZr-2. The third-order valence-corrected chi connectivity index (χ3v) is 4.48. The molecule has 0 saturated heterocycles. The van der Waals surface area contributed by atoms with Crippen molar-refractivity contribution in [2.24, 2.45) is 0 Å². The third kappa shape index (κ3) is 9.43. The molecule has 0 radical (unpaired) electrons. The van der Waals surface area contributed by atoms with Crippen LogP contribution >= 0.6 is 0 Å². The predicted octanol–water partition coefficient (Wildman–Crippen LogP) is 1.52. The van der Waals surface area contributed by atoms with Crippen molar-refractivity contribution in [2.75, 3.05) is 0 Å². The van der Waals surface area contributed by atoms with Crippen molar-refractivity contribution < 1.29 is 56.9 Å². The molecule has 0 unspecified atom stereocenters. The topological polar surface area (TPSA) is 0 Å². The smallest absolute Gasteiger partial charge is 1.00 e. The van der Waals surface area contributed by atoms with E-state index in [1.807, 2.05) is 38.1 Å². The minimum Gasteiger partial charge on any atom is -1.00 e. The first-order valence-corrected chi connectivity index (χ1v) is 16.1. The van der Waals surface area contributed by atoms with Crippen LogP contribution in [0.25, 0.3) is 11.1 Å². The Kier molecular flexibility index (Phi) is 15.2. The molecule has 32 heavy (non-hydrogen) atoms. The molecule has 2 aliphatic rings. The van der Waals surface area contributed by atoms with Crippen LogP contribution in [0, 0.1) is 23.8 Å². The van der Waals surface area contributed by atoms with Gasteiger partial charge in [0, 0.05) is 0 Å². The molecule has 0 saturated carbocycles. The predicted molar refractivity (Wildman–Crippen MR) is 120 cm³/mol. The van der Waals surface area contributed by atoms with Crippen molar-refractivity contribution in [3.05, 3.63) is 107 Å². The Hall–Kier alpha value is -1.06. The Bertz CT molecular complexity index is 958. The van der Waals surface area contributed by atoms with Crippen molar-refractivity contribution in [3.8, 4) is 0 Å². The van der Waals surface area contributed by atoms with Crippen molar-refractivity contribution >= 4 is 16.6 Å². The summed E-state index contributed by atoms with van der Waals surface area (Å²) in [6.07, 6.45) is 11.9. The van der Waals surface area contributed by atoms with Gasteiger partial charge in [0.15, 0.2) is 0 Å². The zero-order chi connectivity index (χ0) is 22.1. The van der Waals surface area contributed by atoms with Crippen LogP contribution in [0.5, 0.6) is 0 Å². The van der Waals surface area contributed by atoms with Gasteiger partial charge in [-0.05, 0) is 12.1 Å². The SMILES string of the molecule is CC1=[C-]CC=C1c1ccccc1F.CC1=[C-]CC=C1c1ccccc1F.C[Si](C)=[Zr+2].[Cl-].[Cl-]. The first kappa shape index (κ1) is 30.9. The second kappa shape index (κ2) is 15.7. The summed E-state index contributed by atoms with van der Waals surface area (Å²) in [4.78, 5) is 0. The second-order valence-electron chi connectivity index (χ2n) is 7.21. The molecule has 6 heteroatoms. The minimum absolute atomic E-state index is 0. The van der Waals surface area contributed by atoms with E-state index in [-0.39, 0.29) is 41.9 Å². The van der Waals surface area contributed by atoms with Gasteiger partial charge in [0.2, 0.25) is 0 Å². The van der Waals surface area contributed by atoms with Gasteiger partial charge in [0.1, 0.15) is 11.6 Å². The molecule has 2 aromatic rings. The number of hydrogen-bond acceptors (Lipinski definition) is 0. The van der Waals surface area contributed by atoms with E-state index in [1.54, 1.807) is 47.6 Å². The van der Waals surface area contributed by atoms with Crippen LogP contribution in [-0.2, 0) is 23.3 Å². The number of hydrogen-bond donors (Lipinski definition) is 0. The molecule has 0 aliphatic heterocycles. The van der Waals surface area contributed by atoms with E-state index in [2.05, 4.69) is 25.2 Å². The molecular weight excluding hydrogens is 540 g/mol. The molecule has 0 N–H and O–H groups in total. The zero-order valence-electron chi connectivity index (χ0n) is 18.7. The summed E-state index contributed by atoms with van der Waals surface area (Å²) >= 11 is 1.74. The molecule has 0 heterocycles. The Labute approximate surface area is 218 Å². The van der Waals surface area contributed by atoms with Gasteiger partial charge in [0.05, 0.1) is 0 Å². The van der Waals surface area contributed by atoms with Gasteiger partial charge in [-0.25, -0.2) is 19.9 Å². The maximum atomic E-state index is 13.3. The van der Waals surface area contributed by atoms with Gasteiger partial charge in [-0.1, -0.05) is 61.4 Å². The number of rotatable bonds is 2. The van der Waals surface area contributed by atoms with E-state index in [1.165, 1.54) is 12.1 Å². The summed E-state index contributed by atoms with van der Waals surface area (Å²) in [5, 5.41) is 0. The molecule has 0 nitrogen and oxygen atoms in total. The standard InChI is InChI=1S/2C12H10F.C2H6Si.2ClH.Zr/c2*1-9-5-4-7-10(9)11-6-2-3-8-12(11)13;1-3-2;;;/h2*2-3,6-8H,4H2,1H3;1-2H3;2*1H;/q2*-1;;;;+2/p-2. The molecule has 0 spiro atoms. The van der Waals surface area contributed by atoms with Gasteiger partial charge < -0.3 is 24.8 Å². The van der Waals surface area contributed by atoms with E-state index in [0.29, 0.717) is 11.1 Å². The third-order valence-electron chi connectivity index (χ3n) is 4.48. The summed E-state index contributed by atoms with van der Waals surface area (Å²) < 4.78 is 26.7. The quantitative estimate of drug-likeness (QED) is 0.382. The summed E-state index contributed by atoms with van der Waals surface area (Å²) in [6.45, 7) is 8.54. The van der Waals surface area contributed by atoms with Crippen molar-refractivity contribution in [2.45, 2.75) is 39.8 Å². The van der Waals surface area contributed by atoms with Crippen LogP contribution in [0.1, 0.15) is 37.8 Å². The van der Waals surface area contributed by atoms with Crippen LogP contribution in [-0.4, -0.2) is 5.43 Å². The summed E-state index contributed by atoms with van der Waals surface area (Å²) in [7, 11) is 0. The monoisotopic (exact) mass is 564 g/mol. The van der Waals surface area contributed by atoms with Gasteiger partial charge in [0.25, 0.3) is 0 Å². The Morgan fingerprint density at radius 2 is 1.03 bits per heavy atom. The Balaban J connectivity index is 0.000000490. The van der Waals surface area contributed by atoms with E-state index in [0.717, 1.165) is 35.1 Å². The molecule has 0 amide bonds. The molecule has 2 aromatic carbocycles. The van der Waals surface area contributed by atoms with Crippen LogP contribution in [0.15, 0.2) is 71.8 Å². The summed E-state index contributed by atoms with van der Waals surface area (Å²) in [5.41, 5.74) is 5.64. The summed E-state index contributed by atoms with van der Waals surface area (Å²) in [6, 6.07) is 13.7. The molecule has 168 valence electrons. The van der Waals surface area contributed by atoms with Crippen LogP contribution in [0.3, 0.4) is 0 Å². The molecule has 0 fully saturated rings. The molecule has 0 bridgehead atoms. The average molecular weight is 567 g/mol. The van der Waals surface area contributed by atoms with E-state index in [9.17, 15) is 8.78 Å². The van der Waals surface area contributed by atoms with Crippen molar-refractivity contribution in [3.63, 3.8) is 0 Å². The van der Waals surface area contributed by atoms with Gasteiger partial charge >= 0.3 is 41.9 Å². The molecule has 0 atom stereocenters. The van der Waals surface area contributed by atoms with Gasteiger partial charge in [-0.2, -0.15) is 23.3 Å².